The van der Waals surface area contributed by atoms with Crippen molar-refractivity contribution in [2.24, 2.45) is 10.7 Å². The third-order valence-electron chi connectivity index (χ3n) is 3.20. The molecule has 1 aliphatic carbocycles. The number of guanidine groups is 1. The Morgan fingerprint density at radius 1 is 1.42 bits per heavy atom. The largest absolute Gasteiger partial charge is 0.370 e. The zero-order valence-electron chi connectivity index (χ0n) is 11.3. The van der Waals surface area contributed by atoms with Gasteiger partial charge in [-0.1, -0.05) is 19.3 Å². The Kier molecular flexibility index (Phi) is 7.04. The van der Waals surface area contributed by atoms with Crippen LogP contribution in [-0.4, -0.2) is 22.0 Å². The maximum absolute atomic E-state index is 5.89. The number of hydrogen-bond acceptors (Lipinski definition) is 3. The summed E-state index contributed by atoms with van der Waals surface area (Å²) in [6, 6.07) is 2.36. The SMILES string of the molecule is Cc1nccc(CN=C(N)NC2CCCCC2)n1.I. The Bertz CT molecular complexity index is 415. The fraction of sp³-hybridized carbons (Fsp3) is 0.615. The van der Waals surface area contributed by atoms with E-state index in [0.717, 1.165) is 11.5 Å². The second-order valence-corrected chi connectivity index (χ2v) is 4.78. The molecule has 6 heteroatoms. The van der Waals surface area contributed by atoms with Gasteiger partial charge in [0.25, 0.3) is 0 Å². The minimum absolute atomic E-state index is 0. The summed E-state index contributed by atoms with van der Waals surface area (Å²) in [5.41, 5.74) is 6.78. The number of hydrogen-bond donors (Lipinski definition) is 2. The zero-order valence-corrected chi connectivity index (χ0v) is 13.6. The lowest BCUT2D eigenvalue weighted by atomic mass is 9.96. The molecule has 1 aromatic rings. The topological polar surface area (TPSA) is 76.2 Å². The van der Waals surface area contributed by atoms with Crippen molar-refractivity contribution in [1.82, 2.24) is 15.3 Å². The number of nitrogens with two attached hydrogens (primary N) is 1. The molecule has 3 N–H and O–H groups in total. The highest BCUT2D eigenvalue weighted by Gasteiger charge is 2.13. The van der Waals surface area contributed by atoms with Crippen LogP contribution in [0.4, 0.5) is 0 Å². The Morgan fingerprint density at radius 2 is 2.16 bits per heavy atom. The average molecular weight is 375 g/mol. The van der Waals surface area contributed by atoms with Crippen LogP contribution >= 0.6 is 24.0 Å². The Labute approximate surface area is 131 Å². The van der Waals surface area contributed by atoms with E-state index in [1.165, 1.54) is 32.1 Å². The van der Waals surface area contributed by atoms with E-state index >= 15 is 0 Å². The molecule has 0 bridgehead atoms. The van der Waals surface area contributed by atoms with E-state index in [1.807, 2.05) is 13.0 Å². The van der Waals surface area contributed by atoms with Crippen molar-refractivity contribution in [3.05, 3.63) is 23.8 Å². The van der Waals surface area contributed by atoms with Crippen LogP contribution in [0.2, 0.25) is 0 Å². The van der Waals surface area contributed by atoms with Gasteiger partial charge in [-0.2, -0.15) is 0 Å². The lowest BCUT2D eigenvalue weighted by molar-refractivity contribution is 0.412. The van der Waals surface area contributed by atoms with Gasteiger partial charge in [0.2, 0.25) is 0 Å². The lowest BCUT2D eigenvalue weighted by Crippen LogP contribution is -2.41. The van der Waals surface area contributed by atoms with E-state index in [4.69, 9.17) is 5.73 Å². The summed E-state index contributed by atoms with van der Waals surface area (Å²) in [5.74, 6) is 1.29. The quantitative estimate of drug-likeness (QED) is 0.482. The average Bonchev–Trinajstić information content (AvgIpc) is 2.38. The van der Waals surface area contributed by atoms with Crippen molar-refractivity contribution in [2.75, 3.05) is 0 Å². The fourth-order valence-corrected chi connectivity index (χ4v) is 2.26. The molecule has 0 radical (unpaired) electrons. The molecular weight excluding hydrogens is 353 g/mol. The molecule has 0 amide bonds. The number of aromatic nitrogens is 2. The number of rotatable bonds is 3. The van der Waals surface area contributed by atoms with Crippen LogP contribution in [0.1, 0.15) is 43.6 Å². The molecule has 0 spiro atoms. The van der Waals surface area contributed by atoms with Crippen LogP contribution in [0.15, 0.2) is 17.3 Å². The highest BCUT2D eigenvalue weighted by Crippen LogP contribution is 2.17. The molecule has 0 aromatic carbocycles. The highest BCUT2D eigenvalue weighted by molar-refractivity contribution is 14.0. The standard InChI is InChI=1S/C13H21N5.HI/c1-10-15-8-7-12(17-10)9-16-13(14)18-11-5-3-2-4-6-11;/h7-8,11H,2-6,9H2,1H3,(H3,14,16,18);1H. The monoisotopic (exact) mass is 375 g/mol. The predicted molar refractivity (Wildman–Crippen MR) is 87.5 cm³/mol. The Balaban J connectivity index is 0.00000180. The summed E-state index contributed by atoms with van der Waals surface area (Å²) in [7, 11) is 0. The molecule has 0 saturated heterocycles. The zero-order chi connectivity index (χ0) is 12.8. The second kappa shape index (κ2) is 8.29. The Morgan fingerprint density at radius 3 is 2.84 bits per heavy atom. The van der Waals surface area contributed by atoms with Gasteiger partial charge in [0.1, 0.15) is 5.82 Å². The van der Waals surface area contributed by atoms with E-state index in [1.54, 1.807) is 6.20 Å². The lowest BCUT2D eigenvalue weighted by Gasteiger charge is -2.23. The van der Waals surface area contributed by atoms with Gasteiger partial charge in [-0.25, -0.2) is 15.0 Å². The number of halogens is 1. The molecule has 19 heavy (non-hydrogen) atoms. The Hall–Kier alpha value is -0.920. The van der Waals surface area contributed by atoms with E-state index in [0.29, 0.717) is 18.5 Å². The molecule has 1 fully saturated rings. The first-order chi connectivity index (χ1) is 8.74. The molecule has 106 valence electrons. The summed E-state index contributed by atoms with van der Waals surface area (Å²) in [6.45, 7) is 2.38. The molecule has 2 rings (SSSR count). The van der Waals surface area contributed by atoms with Gasteiger partial charge in [-0.05, 0) is 25.8 Å². The maximum Gasteiger partial charge on any atom is 0.189 e. The summed E-state index contributed by atoms with van der Waals surface area (Å²) in [6.07, 6.45) is 8.06. The van der Waals surface area contributed by atoms with Gasteiger partial charge >= 0.3 is 0 Å². The smallest absolute Gasteiger partial charge is 0.189 e. The summed E-state index contributed by atoms with van der Waals surface area (Å²) >= 11 is 0. The third kappa shape index (κ3) is 5.71. The van der Waals surface area contributed by atoms with E-state index in [-0.39, 0.29) is 24.0 Å². The normalized spacial score (nSPS) is 16.8. The van der Waals surface area contributed by atoms with Crippen LogP contribution in [0.3, 0.4) is 0 Å². The summed E-state index contributed by atoms with van der Waals surface area (Å²) in [5, 5.41) is 3.29. The molecule has 0 aliphatic heterocycles. The van der Waals surface area contributed by atoms with E-state index in [9.17, 15) is 0 Å². The number of nitrogens with one attached hydrogen (secondary N) is 1. The van der Waals surface area contributed by atoms with Crippen molar-refractivity contribution in [2.45, 2.75) is 51.6 Å². The number of aryl methyl sites for hydroxylation is 1. The highest BCUT2D eigenvalue weighted by atomic mass is 127. The van der Waals surface area contributed by atoms with Crippen LogP contribution < -0.4 is 11.1 Å². The van der Waals surface area contributed by atoms with Crippen LogP contribution in [-0.2, 0) is 6.54 Å². The molecule has 5 nitrogen and oxygen atoms in total. The minimum Gasteiger partial charge on any atom is -0.370 e. The van der Waals surface area contributed by atoms with Gasteiger partial charge in [-0.15, -0.1) is 24.0 Å². The summed E-state index contributed by atoms with van der Waals surface area (Å²) in [4.78, 5) is 12.7. The van der Waals surface area contributed by atoms with Crippen LogP contribution in [0, 0.1) is 6.92 Å². The third-order valence-corrected chi connectivity index (χ3v) is 3.20. The van der Waals surface area contributed by atoms with Gasteiger partial charge in [0.15, 0.2) is 5.96 Å². The van der Waals surface area contributed by atoms with Crippen molar-refractivity contribution in [3.8, 4) is 0 Å². The van der Waals surface area contributed by atoms with Crippen molar-refractivity contribution >= 4 is 29.9 Å². The van der Waals surface area contributed by atoms with Crippen LogP contribution in [0.5, 0.6) is 0 Å². The maximum atomic E-state index is 5.89. The molecule has 1 heterocycles. The molecule has 0 atom stereocenters. The van der Waals surface area contributed by atoms with E-state index in [2.05, 4.69) is 20.3 Å². The molecule has 1 aromatic heterocycles. The molecule has 1 aliphatic rings. The van der Waals surface area contributed by atoms with Crippen molar-refractivity contribution in [3.63, 3.8) is 0 Å². The molecule has 1 saturated carbocycles. The van der Waals surface area contributed by atoms with Crippen molar-refractivity contribution < 1.29 is 0 Å². The molecule has 0 unspecified atom stereocenters. The van der Waals surface area contributed by atoms with Gasteiger partial charge < -0.3 is 11.1 Å². The molecular formula is C13H22IN5. The van der Waals surface area contributed by atoms with E-state index < -0.39 is 0 Å². The van der Waals surface area contributed by atoms with Gasteiger partial charge in [-0.3, -0.25) is 0 Å². The first kappa shape index (κ1) is 16.1. The first-order valence-electron chi connectivity index (χ1n) is 6.59. The predicted octanol–water partition coefficient (Wildman–Crippen LogP) is 2.14. The second-order valence-electron chi connectivity index (χ2n) is 4.78. The fourth-order valence-electron chi connectivity index (χ4n) is 2.26. The minimum atomic E-state index is 0. The van der Waals surface area contributed by atoms with Gasteiger partial charge in [0.05, 0.1) is 12.2 Å². The van der Waals surface area contributed by atoms with Gasteiger partial charge in [0, 0.05) is 12.2 Å². The number of nitrogens with zero attached hydrogens (tertiary/aromatic N) is 3. The van der Waals surface area contributed by atoms with Crippen LogP contribution in [0.25, 0.3) is 0 Å². The van der Waals surface area contributed by atoms with Crippen molar-refractivity contribution in [1.29, 1.82) is 0 Å². The summed E-state index contributed by atoms with van der Waals surface area (Å²) < 4.78 is 0. The first-order valence-corrected chi connectivity index (χ1v) is 6.59. The number of aliphatic imine (C=N–C) groups is 1.